The molecule has 0 aliphatic carbocycles. The van der Waals surface area contributed by atoms with E-state index in [0.29, 0.717) is 4.88 Å². The summed E-state index contributed by atoms with van der Waals surface area (Å²) in [7, 11) is -4.30. The number of rotatable bonds is 7. The Balaban J connectivity index is 2.39. The molecule has 0 atom stereocenters. The van der Waals surface area contributed by atoms with Crippen molar-refractivity contribution in [3.05, 3.63) is 45.5 Å². The number of carbonyl (C=O) groups is 1. The summed E-state index contributed by atoms with van der Waals surface area (Å²) in [6.07, 6.45) is 0.720. The van der Waals surface area contributed by atoms with Crippen LogP contribution in [0.1, 0.15) is 74.9 Å². The van der Waals surface area contributed by atoms with E-state index in [4.69, 9.17) is 0 Å². The van der Waals surface area contributed by atoms with Gasteiger partial charge in [-0.3, -0.25) is 4.79 Å². The SMILES string of the molecule is CC(C)c1c(F)cc(F)c(C(C)C)c1CC(=O)NS(=O)(=O)c1ncc(C(C)(C)O)s1. The monoisotopic (exact) mass is 460 g/mol. The van der Waals surface area contributed by atoms with E-state index < -0.39 is 39.6 Å². The van der Waals surface area contributed by atoms with Crippen LogP contribution >= 0.6 is 11.3 Å². The maximum Gasteiger partial charge on any atom is 0.291 e. The second-order valence-electron chi connectivity index (χ2n) is 8.21. The van der Waals surface area contributed by atoms with Gasteiger partial charge in [0.15, 0.2) is 0 Å². The summed E-state index contributed by atoms with van der Waals surface area (Å²) in [6.45, 7) is 9.82. The fourth-order valence-corrected chi connectivity index (χ4v) is 5.33. The second-order valence-corrected chi connectivity index (χ2v) is 11.1. The summed E-state index contributed by atoms with van der Waals surface area (Å²) in [4.78, 5) is 16.7. The van der Waals surface area contributed by atoms with Crippen LogP contribution in [0.5, 0.6) is 0 Å². The number of nitrogens with one attached hydrogen (secondary N) is 1. The summed E-state index contributed by atoms with van der Waals surface area (Å²) < 4.78 is 55.5. The van der Waals surface area contributed by atoms with Gasteiger partial charge in [0.05, 0.1) is 16.9 Å². The summed E-state index contributed by atoms with van der Waals surface area (Å²) in [5.74, 6) is -3.14. The summed E-state index contributed by atoms with van der Waals surface area (Å²) in [5, 5.41) is 9.98. The molecule has 0 aliphatic heterocycles. The lowest BCUT2D eigenvalue weighted by atomic mass is 9.86. The Labute approximate surface area is 179 Å². The van der Waals surface area contributed by atoms with Crippen LogP contribution in [0.3, 0.4) is 0 Å². The lowest BCUT2D eigenvalue weighted by Crippen LogP contribution is -2.32. The third-order valence-corrected chi connectivity index (χ3v) is 7.55. The molecule has 0 saturated heterocycles. The number of hydrogen-bond acceptors (Lipinski definition) is 6. The van der Waals surface area contributed by atoms with Crippen molar-refractivity contribution in [3.8, 4) is 0 Å². The highest BCUT2D eigenvalue weighted by atomic mass is 32.2. The Bertz CT molecular complexity index is 1020. The molecule has 2 aromatic rings. The van der Waals surface area contributed by atoms with Gasteiger partial charge in [0.1, 0.15) is 11.6 Å². The first-order valence-electron chi connectivity index (χ1n) is 9.40. The Hall–Kier alpha value is -1.91. The molecule has 0 bridgehead atoms. The van der Waals surface area contributed by atoms with Crippen LogP contribution in [0.2, 0.25) is 0 Å². The molecule has 2 N–H and O–H groups in total. The first-order chi connectivity index (χ1) is 13.6. The van der Waals surface area contributed by atoms with Crippen molar-refractivity contribution < 1.29 is 27.1 Å². The highest BCUT2D eigenvalue weighted by Crippen LogP contribution is 2.33. The van der Waals surface area contributed by atoms with E-state index in [1.807, 2.05) is 4.72 Å². The molecule has 0 saturated carbocycles. The Kier molecular flexibility index (Phi) is 7.05. The maximum atomic E-state index is 14.5. The molecule has 0 aliphatic rings. The van der Waals surface area contributed by atoms with Gasteiger partial charge in [-0.1, -0.05) is 27.7 Å². The van der Waals surface area contributed by atoms with Crippen molar-refractivity contribution in [1.29, 1.82) is 0 Å². The third kappa shape index (κ3) is 5.22. The maximum absolute atomic E-state index is 14.5. The van der Waals surface area contributed by atoms with Gasteiger partial charge < -0.3 is 5.11 Å². The lowest BCUT2D eigenvalue weighted by molar-refractivity contribution is -0.118. The number of sulfonamides is 1. The number of aromatic nitrogens is 1. The van der Waals surface area contributed by atoms with Crippen molar-refractivity contribution in [2.75, 3.05) is 0 Å². The number of carbonyl (C=O) groups excluding carboxylic acids is 1. The highest BCUT2D eigenvalue weighted by molar-refractivity contribution is 7.92. The first-order valence-corrected chi connectivity index (χ1v) is 11.7. The number of nitrogens with zero attached hydrogens (tertiary/aromatic N) is 1. The van der Waals surface area contributed by atoms with Crippen LogP contribution < -0.4 is 4.72 Å². The second kappa shape index (κ2) is 8.68. The zero-order chi connectivity index (χ0) is 23.0. The van der Waals surface area contributed by atoms with E-state index >= 15 is 0 Å². The molecule has 166 valence electrons. The quantitative estimate of drug-likeness (QED) is 0.652. The van der Waals surface area contributed by atoms with Crippen molar-refractivity contribution in [1.82, 2.24) is 9.71 Å². The molecule has 1 aromatic carbocycles. The van der Waals surface area contributed by atoms with Gasteiger partial charge in [-0.05, 0) is 42.4 Å². The molecule has 0 radical (unpaired) electrons. The molecule has 2 rings (SSSR count). The number of thiazole rings is 1. The largest absolute Gasteiger partial charge is 0.385 e. The summed E-state index contributed by atoms with van der Waals surface area (Å²) >= 11 is 0.732. The normalized spacial score (nSPS) is 12.6. The van der Waals surface area contributed by atoms with E-state index in [2.05, 4.69) is 4.98 Å². The predicted molar refractivity (Wildman–Crippen MR) is 111 cm³/mol. The van der Waals surface area contributed by atoms with E-state index in [1.54, 1.807) is 27.7 Å². The van der Waals surface area contributed by atoms with Gasteiger partial charge in [-0.25, -0.2) is 18.5 Å². The zero-order valence-corrected chi connectivity index (χ0v) is 19.3. The smallest absolute Gasteiger partial charge is 0.291 e. The van der Waals surface area contributed by atoms with Gasteiger partial charge in [-0.15, -0.1) is 11.3 Å². The van der Waals surface area contributed by atoms with Crippen LogP contribution in [0, 0.1) is 11.6 Å². The van der Waals surface area contributed by atoms with Crippen molar-refractivity contribution in [3.63, 3.8) is 0 Å². The molecular weight excluding hydrogens is 434 g/mol. The van der Waals surface area contributed by atoms with Gasteiger partial charge in [0.2, 0.25) is 10.2 Å². The van der Waals surface area contributed by atoms with Gasteiger partial charge >= 0.3 is 0 Å². The van der Waals surface area contributed by atoms with Crippen LogP contribution in [-0.2, 0) is 26.8 Å². The van der Waals surface area contributed by atoms with E-state index in [0.717, 1.165) is 17.4 Å². The van der Waals surface area contributed by atoms with E-state index in [-0.39, 0.29) is 32.9 Å². The van der Waals surface area contributed by atoms with Gasteiger partial charge in [-0.2, -0.15) is 8.42 Å². The number of aliphatic hydroxyl groups is 1. The summed E-state index contributed by atoms with van der Waals surface area (Å²) in [5.41, 5.74) is -0.758. The highest BCUT2D eigenvalue weighted by Gasteiger charge is 2.28. The van der Waals surface area contributed by atoms with Crippen molar-refractivity contribution in [2.24, 2.45) is 0 Å². The molecule has 1 amide bonds. The summed E-state index contributed by atoms with van der Waals surface area (Å²) in [6, 6.07) is 0.802. The van der Waals surface area contributed by atoms with Gasteiger partial charge in [0.25, 0.3) is 10.0 Å². The zero-order valence-electron chi connectivity index (χ0n) is 17.7. The Morgan fingerprint density at radius 3 is 2.07 bits per heavy atom. The van der Waals surface area contributed by atoms with E-state index in [1.165, 1.54) is 20.0 Å². The number of benzene rings is 1. The fourth-order valence-electron chi connectivity index (χ4n) is 3.19. The molecule has 0 spiro atoms. The lowest BCUT2D eigenvalue weighted by Gasteiger charge is -2.21. The molecule has 10 heteroatoms. The number of halogens is 2. The van der Waals surface area contributed by atoms with Crippen LogP contribution in [0.25, 0.3) is 0 Å². The molecule has 6 nitrogen and oxygen atoms in total. The van der Waals surface area contributed by atoms with Crippen molar-refractivity contribution in [2.45, 2.75) is 69.7 Å². The van der Waals surface area contributed by atoms with Crippen LogP contribution in [0.15, 0.2) is 16.6 Å². The molecule has 1 heterocycles. The standard InChI is InChI=1S/C20H26F2N2O4S2/c1-10(2)17-12(18(11(3)4)14(22)8-13(17)21)7-16(25)24-30(27,28)19-23-9-15(29-19)20(5,6)26/h8-11,26H,7H2,1-6H3,(H,24,25). The van der Waals surface area contributed by atoms with Crippen molar-refractivity contribution >= 4 is 27.3 Å². The Morgan fingerprint density at radius 1 is 1.17 bits per heavy atom. The third-order valence-electron chi connectivity index (χ3n) is 4.48. The molecule has 0 fully saturated rings. The molecular formula is C20H26F2N2O4S2. The topological polar surface area (TPSA) is 96.4 Å². The average molecular weight is 461 g/mol. The predicted octanol–water partition coefficient (Wildman–Crippen LogP) is 3.94. The molecule has 30 heavy (non-hydrogen) atoms. The fraction of sp³-hybridized carbons (Fsp3) is 0.500. The average Bonchev–Trinajstić information content (AvgIpc) is 3.03. The number of amides is 1. The van der Waals surface area contributed by atoms with Crippen LogP contribution in [0.4, 0.5) is 8.78 Å². The van der Waals surface area contributed by atoms with Gasteiger partial charge in [0, 0.05) is 12.3 Å². The minimum atomic E-state index is -4.30. The minimum absolute atomic E-state index is 0.154. The minimum Gasteiger partial charge on any atom is -0.385 e. The molecule has 1 aromatic heterocycles. The van der Waals surface area contributed by atoms with E-state index in [9.17, 15) is 27.1 Å². The number of hydrogen-bond donors (Lipinski definition) is 2. The first kappa shape index (κ1) is 24.4. The van der Waals surface area contributed by atoms with Crippen LogP contribution in [-0.4, -0.2) is 24.4 Å². The Morgan fingerprint density at radius 2 is 1.67 bits per heavy atom. The molecule has 0 unspecified atom stereocenters.